The van der Waals surface area contributed by atoms with Crippen LogP contribution in [0.25, 0.3) is 10.9 Å². The molecule has 2 heterocycles. The topological polar surface area (TPSA) is 87.7 Å². The zero-order chi connectivity index (χ0) is 20.1. The lowest BCUT2D eigenvalue weighted by Crippen LogP contribution is -2.23. The zero-order valence-corrected chi connectivity index (χ0v) is 16.7. The molecule has 2 aromatic heterocycles. The molecule has 0 N–H and O–H groups in total. The Hall–Kier alpha value is -3.04. The van der Waals surface area contributed by atoms with E-state index < -0.39 is 0 Å². The zero-order valence-electron chi connectivity index (χ0n) is 15.9. The first-order valence-electron chi connectivity index (χ1n) is 9.16. The van der Waals surface area contributed by atoms with Crippen LogP contribution >= 0.6 is 11.8 Å². The van der Waals surface area contributed by atoms with Gasteiger partial charge < -0.3 is 9.30 Å². The van der Waals surface area contributed by atoms with Crippen LogP contribution in [-0.2, 0) is 23.6 Å². The van der Waals surface area contributed by atoms with Gasteiger partial charge in [0.2, 0.25) is 0 Å². The molecule has 148 valence electrons. The predicted molar refractivity (Wildman–Crippen MR) is 111 cm³/mol. The summed E-state index contributed by atoms with van der Waals surface area (Å²) in [7, 11) is 1.66. The summed E-state index contributed by atoms with van der Waals surface area (Å²) >= 11 is 1.40. The Bertz CT molecular complexity index is 1160. The second-order valence-corrected chi connectivity index (χ2v) is 7.30. The molecule has 0 bridgehead atoms. The van der Waals surface area contributed by atoms with Gasteiger partial charge in [-0.15, -0.1) is 15.3 Å². The quantitative estimate of drug-likeness (QED) is 0.414. The van der Waals surface area contributed by atoms with Gasteiger partial charge in [-0.05, 0) is 17.7 Å². The van der Waals surface area contributed by atoms with E-state index in [-0.39, 0.29) is 5.56 Å². The van der Waals surface area contributed by atoms with Crippen molar-refractivity contribution in [3.63, 3.8) is 0 Å². The molecule has 0 aliphatic rings. The Kier molecular flexibility index (Phi) is 5.97. The van der Waals surface area contributed by atoms with Crippen LogP contribution in [0, 0.1) is 0 Å². The fourth-order valence-corrected chi connectivity index (χ4v) is 3.83. The van der Waals surface area contributed by atoms with E-state index in [1.54, 1.807) is 19.2 Å². The summed E-state index contributed by atoms with van der Waals surface area (Å²) in [6.07, 6.45) is 0.674. The molecule has 2 aromatic carbocycles. The molecule has 0 atom stereocenters. The van der Waals surface area contributed by atoms with Gasteiger partial charge in [0.15, 0.2) is 5.16 Å². The number of fused-ring (bicyclic) bond motifs is 1. The number of benzene rings is 2. The maximum atomic E-state index is 12.6. The van der Waals surface area contributed by atoms with Crippen LogP contribution < -0.4 is 5.56 Å². The second kappa shape index (κ2) is 8.97. The van der Waals surface area contributed by atoms with Gasteiger partial charge in [-0.2, -0.15) is 4.68 Å². The number of hydrogen-bond acceptors (Lipinski definition) is 7. The third-order valence-electron chi connectivity index (χ3n) is 4.46. The smallest absolute Gasteiger partial charge is 0.278 e. The molecule has 0 aliphatic heterocycles. The van der Waals surface area contributed by atoms with Gasteiger partial charge in [-0.3, -0.25) is 4.79 Å². The molecular formula is C20H20N6O2S. The SMILES string of the molecule is COCCn1c(Cc2ccccc2)nnc1SCn1nnc2ccccc2c1=O. The van der Waals surface area contributed by atoms with Gasteiger partial charge >= 0.3 is 0 Å². The van der Waals surface area contributed by atoms with Crippen molar-refractivity contribution in [3.05, 3.63) is 76.3 Å². The molecule has 4 aromatic rings. The molecule has 0 fully saturated rings. The third-order valence-corrected chi connectivity index (χ3v) is 5.40. The van der Waals surface area contributed by atoms with E-state index in [1.165, 1.54) is 16.4 Å². The number of aromatic nitrogens is 6. The highest BCUT2D eigenvalue weighted by molar-refractivity contribution is 7.98. The van der Waals surface area contributed by atoms with E-state index in [2.05, 4.69) is 32.6 Å². The highest BCUT2D eigenvalue weighted by Gasteiger charge is 2.14. The van der Waals surface area contributed by atoms with Crippen LogP contribution in [0.4, 0.5) is 0 Å². The first kappa shape index (κ1) is 19.3. The monoisotopic (exact) mass is 408 g/mol. The minimum Gasteiger partial charge on any atom is -0.383 e. The fraction of sp³-hybridized carbons (Fsp3) is 0.250. The molecule has 0 spiro atoms. The van der Waals surface area contributed by atoms with E-state index in [0.29, 0.717) is 36.4 Å². The van der Waals surface area contributed by atoms with Crippen molar-refractivity contribution in [2.24, 2.45) is 0 Å². The van der Waals surface area contributed by atoms with Crippen molar-refractivity contribution < 1.29 is 4.74 Å². The molecule has 4 rings (SSSR count). The highest BCUT2D eigenvalue weighted by atomic mass is 32.2. The molecule has 0 radical (unpaired) electrons. The molecule has 0 amide bonds. The van der Waals surface area contributed by atoms with E-state index in [0.717, 1.165) is 16.5 Å². The minimum absolute atomic E-state index is 0.171. The number of ether oxygens (including phenoxy) is 1. The summed E-state index contributed by atoms with van der Waals surface area (Å²) in [5.41, 5.74) is 1.58. The summed E-state index contributed by atoms with van der Waals surface area (Å²) < 4.78 is 8.62. The molecule has 29 heavy (non-hydrogen) atoms. The van der Waals surface area contributed by atoms with Crippen molar-refractivity contribution in [1.82, 2.24) is 29.8 Å². The Morgan fingerprint density at radius 2 is 1.79 bits per heavy atom. The van der Waals surface area contributed by atoms with Crippen LogP contribution in [-0.4, -0.2) is 43.5 Å². The molecule has 8 nitrogen and oxygen atoms in total. The largest absolute Gasteiger partial charge is 0.383 e. The van der Waals surface area contributed by atoms with E-state index in [1.807, 2.05) is 34.9 Å². The maximum absolute atomic E-state index is 12.6. The van der Waals surface area contributed by atoms with Gasteiger partial charge in [-0.1, -0.05) is 59.4 Å². The maximum Gasteiger partial charge on any atom is 0.278 e. The molecule has 0 unspecified atom stereocenters. The number of rotatable bonds is 8. The predicted octanol–water partition coefficient (Wildman–Crippen LogP) is 2.37. The van der Waals surface area contributed by atoms with Gasteiger partial charge in [0.05, 0.1) is 17.9 Å². The Morgan fingerprint density at radius 3 is 2.62 bits per heavy atom. The number of hydrogen-bond donors (Lipinski definition) is 0. The van der Waals surface area contributed by atoms with Crippen molar-refractivity contribution in [1.29, 1.82) is 0 Å². The van der Waals surface area contributed by atoms with Gasteiger partial charge in [-0.25, -0.2) is 0 Å². The van der Waals surface area contributed by atoms with Crippen LogP contribution in [0.5, 0.6) is 0 Å². The van der Waals surface area contributed by atoms with Crippen LogP contribution in [0.15, 0.2) is 64.5 Å². The van der Waals surface area contributed by atoms with Gasteiger partial charge in [0, 0.05) is 20.1 Å². The van der Waals surface area contributed by atoms with Crippen molar-refractivity contribution >= 4 is 22.7 Å². The minimum atomic E-state index is -0.171. The van der Waals surface area contributed by atoms with Crippen molar-refractivity contribution in [3.8, 4) is 0 Å². The fourth-order valence-electron chi connectivity index (χ4n) is 2.97. The third kappa shape index (κ3) is 4.36. The van der Waals surface area contributed by atoms with Crippen molar-refractivity contribution in [2.75, 3.05) is 13.7 Å². The Morgan fingerprint density at radius 1 is 1.00 bits per heavy atom. The summed E-state index contributed by atoms with van der Waals surface area (Å²) in [5, 5.41) is 18.1. The highest BCUT2D eigenvalue weighted by Crippen LogP contribution is 2.20. The Balaban J connectivity index is 1.57. The summed E-state index contributed by atoms with van der Waals surface area (Å²) in [4.78, 5) is 12.6. The molecular weight excluding hydrogens is 388 g/mol. The first-order valence-corrected chi connectivity index (χ1v) is 10.1. The Labute approximate surface area is 171 Å². The second-order valence-electron chi connectivity index (χ2n) is 6.39. The molecule has 0 saturated carbocycles. The number of nitrogens with zero attached hydrogens (tertiary/aromatic N) is 6. The summed E-state index contributed by atoms with van der Waals surface area (Å²) in [6, 6.07) is 17.3. The molecule has 0 aliphatic carbocycles. The van der Waals surface area contributed by atoms with Crippen LogP contribution in [0.3, 0.4) is 0 Å². The van der Waals surface area contributed by atoms with E-state index in [9.17, 15) is 4.79 Å². The average Bonchev–Trinajstić information content (AvgIpc) is 3.14. The van der Waals surface area contributed by atoms with Gasteiger partial charge in [0.25, 0.3) is 5.56 Å². The lowest BCUT2D eigenvalue weighted by atomic mass is 10.1. The van der Waals surface area contributed by atoms with Crippen LogP contribution in [0.1, 0.15) is 11.4 Å². The number of thioether (sulfide) groups is 1. The lowest BCUT2D eigenvalue weighted by Gasteiger charge is -2.10. The molecule has 0 saturated heterocycles. The molecule has 9 heteroatoms. The van der Waals surface area contributed by atoms with E-state index in [4.69, 9.17) is 4.74 Å². The normalized spacial score (nSPS) is 11.2. The van der Waals surface area contributed by atoms with E-state index >= 15 is 0 Å². The summed E-state index contributed by atoms with van der Waals surface area (Å²) in [5.74, 6) is 1.15. The summed E-state index contributed by atoms with van der Waals surface area (Å²) in [6.45, 7) is 1.18. The first-order chi connectivity index (χ1) is 14.3. The lowest BCUT2D eigenvalue weighted by molar-refractivity contribution is 0.184. The van der Waals surface area contributed by atoms with Gasteiger partial charge in [0.1, 0.15) is 11.3 Å². The van der Waals surface area contributed by atoms with Crippen LogP contribution in [0.2, 0.25) is 0 Å². The van der Waals surface area contributed by atoms with Crippen molar-refractivity contribution in [2.45, 2.75) is 24.0 Å². The number of methoxy groups -OCH3 is 1. The standard InChI is InChI=1S/C20H20N6O2S/c1-28-12-11-25-18(13-15-7-3-2-4-8-15)22-23-20(25)29-14-26-19(27)16-9-5-6-10-17(16)21-24-26/h2-10H,11-14H2,1H3. The average molecular weight is 408 g/mol.